The van der Waals surface area contributed by atoms with Gasteiger partial charge in [0.1, 0.15) is 11.0 Å². The molecule has 1 saturated heterocycles. The van der Waals surface area contributed by atoms with Crippen molar-refractivity contribution in [1.29, 1.82) is 0 Å². The van der Waals surface area contributed by atoms with E-state index < -0.39 is 5.25 Å². The minimum atomic E-state index is -0.609. The highest BCUT2D eigenvalue weighted by molar-refractivity contribution is 8.15. The first-order valence-corrected chi connectivity index (χ1v) is 9.93. The number of hydrogen-bond acceptors (Lipinski definition) is 5. The van der Waals surface area contributed by atoms with Crippen LogP contribution in [0.3, 0.4) is 0 Å². The fraction of sp³-hybridized carbons (Fsp3) is 0.211. The smallest absolute Gasteiger partial charge is 0.238 e. The molecule has 0 spiro atoms. The summed E-state index contributed by atoms with van der Waals surface area (Å²) in [5, 5.41) is 3.48. The van der Waals surface area contributed by atoms with Crippen molar-refractivity contribution in [3.05, 3.63) is 52.5 Å². The number of rotatable bonds is 4. The number of aliphatic imine (C=N–C) groups is 1. The van der Waals surface area contributed by atoms with E-state index in [0.717, 1.165) is 0 Å². The maximum Gasteiger partial charge on any atom is 0.238 e. The second kappa shape index (κ2) is 8.86. The Labute approximate surface area is 176 Å². The summed E-state index contributed by atoms with van der Waals surface area (Å²) >= 11 is 13.4. The number of carbonyl (C=O) groups excluding carboxylic acids is 2. The summed E-state index contributed by atoms with van der Waals surface area (Å²) in [7, 11) is 3.19. The van der Waals surface area contributed by atoms with Crippen molar-refractivity contribution in [3.63, 3.8) is 0 Å². The number of benzene rings is 2. The molecule has 2 amide bonds. The molecule has 1 fully saturated rings. The van der Waals surface area contributed by atoms with E-state index in [4.69, 9.17) is 27.9 Å². The van der Waals surface area contributed by atoms with Crippen LogP contribution < -0.4 is 10.1 Å². The summed E-state index contributed by atoms with van der Waals surface area (Å²) in [5.41, 5.74) is 1.06. The van der Waals surface area contributed by atoms with Gasteiger partial charge in [0, 0.05) is 24.2 Å². The maximum absolute atomic E-state index is 12.7. The molecule has 1 aliphatic heterocycles. The third-order valence-corrected chi connectivity index (χ3v) is 5.84. The van der Waals surface area contributed by atoms with Crippen LogP contribution in [-0.2, 0) is 9.59 Å². The molecule has 9 heteroatoms. The monoisotopic (exact) mass is 437 g/mol. The normalized spacial score (nSPS) is 18.3. The molecular formula is C19H17Cl2N3O3S. The van der Waals surface area contributed by atoms with Crippen molar-refractivity contribution >= 4 is 63.3 Å². The minimum absolute atomic E-state index is 0.0749. The fourth-order valence-electron chi connectivity index (χ4n) is 2.47. The van der Waals surface area contributed by atoms with Gasteiger partial charge in [-0.3, -0.25) is 14.5 Å². The van der Waals surface area contributed by atoms with Gasteiger partial charge in [-0.2, -0.15) is 0 Å². The van der Waals surface area contributed by atoms with Crippen LogP contribution in [0.2, 0.25) is 10.0 Å². The van der Waals surface area contributed by atoms with Crippen LogP contribution in [0.4, 0.5) is 11.4 Å². The molecular weight excluding hydrogens is 421 g/mol. The lowest BCUT2D eigenvalue weighted by Gasteiger charge is -2.29. The molecule has 1 heterocycles. The van der Waals surface area contributed by atoms with Gasteiger partial charge in [-0.1, -0.05) is 35.0 Å². The molecule has 0 saturated carbocycles. The van der Waals surface area contributed by atoms with E-state index in [1.165, 1.54) is 16.7 Å². The average molecular weight is 438 g/mol. The predicted molar refractivity (Wildman–Crippen MR) is 114 cm³/mol. The van der Waals surface area contributed by atoms with Crippen molar-refractivity contribution in [1.82, 2.24) is 4.90 Å². The van der Waals surface area contributed by atoms with E-state index in [1.807, 2.05) is 0 Å². The molecule has 6 nitrogen and oxygen atoms in total. The van der Waals surface area contributed by atoms with Crippen molar-refractivity contribution in [2.24, 2.45) is 4.99 Å². The minimum Gasteiger partial charge on any atom is -0.497 e. The number of thioether (sulfide) groups is 1. The molecule has 2 aromatic carbocycles. The lowest BCUT2D eigenvalue weighted by molar-refractivity contribution is -0.128. The van der Waals surface area contributed by atoms with Gasteiger partial charge in [-0.15, -0.1) is 0 Å². The Bertz CT molecular complexity index is 935. The Morgan fingerprint density at radius 3 is 2.64 bits per heavy atom. The highest BCUT2D eigenvalue weighted by Crippen LogP contribution is 2.33. The molecule has 28 heavy (non-hydrogen) atoms. The van der Waals surface area contributed by atoms with E-state index in [0.29, 0.717) is 32.3 Å². The quantitative estimate of drug-likeness (QED) is 0.758. The Morgan fingerprint density at radius 1 is 1.25 bits per heavy atom. The Morgan fingerprint density at radius 2 is 1.96 bits per heavy atom. The number of methoxy groups -OCH3 is 1. The van der Waals surface area contributed by atoms with Gasteiger partial charge in [0.2, 0.25) is 11.8 Å². The molecule has 0 aromatic heterocycles. The van der Waals surface area contributed by atoms with E-state index >= 15 is 0 Å². The van der Waals surface area contributed by atoms with E-state index in [1.54, 1.807) is 56.6 Å². The van der Waals surface area contributed by atoms with E-state index in [9.17, 15) is 9.59 Å². The van der Waals surface area contributed by atoms with Gasteiger partial charge in [0.25, 0.3) is 0 Å². The summed E-state index contributed by atoms with van der Waals surface area (Å²) in [4.78, 5) is 30.9. The van der Waals surface area contributed by atoms with E-state index in [2.05, 4.69) is 10.3 Å². The molecule has 1 aliphatic rings. The molecule has 2 aromatic rings. The summed E-state index contributed by atoms with van der Waals surface area (Å²) in [6.07, 6.45) is 0.0749. The van der Waals surface area contributed by atoms with Crippen molar-refractivity contribution in [2.75, 3.05) is 19.5 Å². The first-order chi connectivity index (χ1) is 13.4. The van der Waals surface area contributed by atoms with Crippen LogP contribution in [0.5, 0.6) is 5.75 Å². The van der Waals surface area contributed by atoms with Crippen LogP contribution in [0.15, 0.2) is 47.5 Å². The third kappa shape index (κ3) is 4.79. The fourth-order valence-corrected chi connectivity index (χ4v) is 3.85. The molecule has 3 rings (SSSR count). The van der Waals surface area contributed by atoms with Gasteiger partial charge in [0.15, 0.2) is 5.17 Å². The number of hydrogen-bond donors (Lipinski definition) is 1. The zero-order valence-electron chi connectivity index (χ0n) is 15.1. The molecule has 0 aliphatic carbocycles. The molecule has 0 bridgehead atoms. The molecule has 1 atom stereocenters. The Balaban J connectivity index is 1.79. The molecule has 0 radical (unpaired) electrons. The molecule has 146 valence electrons. The zero-order chi connectivity index (χ0) is 20.3. The number of nitrogens with one attached hydrogen (secondary N) is 1. The van der Waals surface area contributed by atoms with Gasteiger partial charge in [-0.25, -0.2) is 4.99 Å². The predicted octanol–water partition coefficient (Wildman–Crippen LogP) is 4.59. The summed E-state index contributed by atoms with van der Waals surface area (Å²) < 4.78 is 5.10. The highest BCUT2D eigenvalue weighted by atomic mass is 35.5. The number of halogens is 2. The lowest BCUT2D eigenvalue weighted by Crippen LogP contribution is -2.43. The maximum atomic E-state index is 12.7. The zero-order valence-corrected chi connectivity index (χ0v) is 17.4. The first-order valence-electron chi connectivity index (χ1n) is 8.29. The lowest BCUT2D eigenvalue weighted by atomic mass is 10.2. The van der Waals surface area contributed by atoms with Crippen molar-refractivity contribution in [3.8, 4) is 5.75 Å². The number of anilines is 1. The molecule has 1 N–H and O–H groups in total. The van der Waals surface area contributed by atoms with E-state index in [-0.39, 0.29) is 18.2 Å². The van der Waals surface area contributed by atoms with Crippen LogP contribution in [0.1, 0.15) is 6.42 Å². The largest absolute Gasteiger partial charge is 0.497 e. The van der Waals surface area contributed by atoms with Crippen molar-refractivity contribution < 1.29 is 14.3 Å². The number of carbonyl (C=O) groups is 2. The van der Waals surface area contributed by atoms with Crippen LogP contribution in [0, 0.1) is 0 Å². The topological polar surface area (TPSA) is 71.0 Å². The summed E-state index contributed by atoms with van der Waals surface area (Å²) in [6, 6.07) is 11.9. The second-order valence-corrected chi connectivity index (χ2v) is 7.98. The third-order valence-electron chi connectivity index (χ3n) is 4.04. The number of amides is 2. The van der Waals surface area contributed by atoms with Crippen LogP contribution in [0.25, 0.3) is 0 Å². The van der Waals surface area contributed by atoms with Gasteiger partial charge in [0.05, 0.1) is 17.8 Å². The molecule has 0 unspecified atom stereocenters. The Kier molecular flexibility index (Phi) is 6.49. The highest BCUT2D eigenvalue weighted by Gasteiger charge is 2.34. The summed E-state index contributed by atoms with van der Waals surface area (Å²) in [6.45, 7) is 0. The van der Waals surface area contributed by atoms with Crippen molar-refractivity contribution in [2.45, 2.75) is 11.7 Å². The number of nitrogens with zero attached hydrogens (tertiary/aromatic N) is 2. The second-order valence-electron chi connectivity index (χ2n) is 5.97. The van der Waals surface area contributed by atoms with Crippen LogP contribution >= 0.6 is 35.0 Å². The standard InChI is InChI=1S/C19H17Cl2N3O3S/c1-24-17(25)10-16(18(26)22-12-4-6-13(27-2)7-5-12)28-19(24)23-15-9-11(20)3-8-14(15)21/h3-9,16H,10H2,1-2H3,(H,22,26)/t16-/m1/s1. The SMILES string of the molecule is COc1ccc(NC(=O)[C@H]2CC(=O)N(C)C(=Nc3cc(Cl)ccc3Cl)S2)cc1. The van der Waals surface area contributed by atoms with Gasteiger partial charge < -0.3 is 10.1 Å². The first kappa shape index (κ1) is 20.5. The Hall–Kier alpha value is -2.22. The average Bonchev–Trinajstić information content (AvgIpc) is 2.68. The number of amidine groups is 1. The van der Waals surface area contributed by atoms with Gasteiger partial charge >= 0.3 is 0 Å². The number of ether oxygens (including phenoxy) is 1. The van der Waals surface area contributed by atoms with Crippen LogP contribution in [-0.4, -0.2) is 41.3 Å². The summed E-state index contributed by atoms with van der Waals surface area (Å²) in [5.74, 6) is 0.210. The van der Waals surface area contributed by atoms with Gasteiger partial charge in [-0.05, 0) is 42.5 Å².